The summed E-state index contributed by atoms with van der Waals surface area (Å²) in [6, 6.07) is 6.47. The fourth-order valence-electron chi connectivity index (χ4n) is 2.99. The average molecular weight is 316 g/mol. The molecule has 3 nitrogen and oxygen atoms in total. The Morgan fingerprint density at radius 1 is 1.45 bits per heavy atom. The standard InChI is InChI=1S/C15H23Cl2N3/c1-19-8-4-5-11(19)10-20(2)14(9-18)12-6-3-7-13(16)15(12)17/h3,6-7,11,14H,4-5,8-10,18H2,1-2H3. The summed E-state index contributed by atoms with van der Waals surface area (Å²) in [6.07, 6.45) is 2.53. The Labute approximate surface area is 131 Å². The van der Waals surface area contributed by atoms with Crippen LogP contribution in [-0.2, 0) is 0 Å². The Kier molecular flexibility index (Phi) is 5.70. The van der Waals surface area contributed by atoms with Crippen LogP contribution in [0.4, 0.5) is 0 Å². The van der Waals surface area contributed by atoms with Gasteiger partial charge >= 0.3 is 0 Å². The number of likely N-dealkylation sites (tertiary alicyclic amines) is 1. The van der Waals surface area contributed by atoms with Crippen molar-refractivity contribution >= 4 is 23.2 Å². The molecule has 2 atom stereocenters. The number of nitrogens with two attached hydrogens (primary N) is 1. The maximum absolute atomic E-state index is 6.33. The second-order valence-corrected chi connectivity index (χ2v) is 6.40. The molecule has 0 aliphatic carbocycles. The first kappa shape index (κ1) is 16.1. The van der Waals surface area contributed by atoms with E-state index in [0.29, 0.717) is 22.6 Å². The fourth-order valence-corrected chi connectivity index (χ4v) is 3.43. The van der Waals surface area contributed by atoms with Crippen LogP contribution in [0.1, 0.15) is 24.4 Å². The normalized spacial score (nSPS) is 21.6. The monoisotopic (exact) mass is 315 g/mol. The molecule has 1 fully saturated rings. The average Bonchev–Trinajstić information content (AvgIpc) is 2.81. The first-order valence-electron chi connectivity index (χ1n) is 7.09. The largest absolute Gasteiger partial charge is 0.329 e. The van der Waals surface area contributed by atoms with Gasteiger partial charge in [-0.2, -0.15) is 0 Å². The quantitative estimate of drug-likeness (QED) is 0.906. The van der Waals surface area contributed by atoms with Gasteiger partial charge in [-0.1, -0.05) is 35.3 Å². The van der Waals surface area contributed by atoms with Crippen LogP contribution in [0, 0.1) is 0 Å². The van der Waals surface area contributed by atoms with Gasteiger partial charge in [0.25, 0.3) is 0 Å². The molecule has 1 aliphatic heterocycles. The molecular formula is C15H23Cl2N3. The van der Waals surface area contributed by atoms with Crippen molar-refractivity contribution in [3.63, 3.8) is 0 Å². The van der Waals surface area contributed by atoms with Gasteiger partial charge in [0.15, 0.2) is 0 Å². The summed E-state index contributed by atoms with van der Waals surface area (Å²) in [5.74, 6) is 0. The number of halogens is 2. The van der Waals surface area contributed by atoms with E-state index >= 15 is 0 Å². The van der Waals surface area contributed by atoms with Gasteiger partial charge in [0.2, 0.25) is 0 Å². The maximum Gasteiger partial charge on any atom is 0.0640 e. The molecule has 2 unspecified atom stereocenters. The number of nitrogens with zero attached hydrogens (tertiary/aromatic N) is 2. The molecule has 20 heavy (non-hydrogen) atoms. The smallest absolute Gasteiger partial charge is 0.0640 e. The van der Waals surface area contributed by atoms with Crippen LogP contribution < -0.4 is 5.73 Å². The maximum atomic E-state index is 6.33. The molecule has 1 aromatic carbocycles. The van der Waals surface area contributed by atoms with E-state index in [-0.39, 0.29) is 6.04 Å². The summed E-state index contributed by atoms with van der Waals surface area (Å²) in [5, 5.41) is 1.21. The van der Waals surface area contributed by atoms with E-state index in [4.69, 9.17) is 28.9 Å². The minimum Gasteiger partial charge on any atom is -0.329 e. The van der Waals surface area contributed by atoms with Crippen molar-refractivity contribution in [1.29, 1.82) is 0 Å². The van der Waals surface area contributed by atoms with Crippen LogP contribution in [0.3, 0.4) is 0 Å². The molecule has 1 saturated heterocycles. The third-order valence-corrected chi connectivity index (χ3v) is 5.10. The van der Waals surface area contributed by atoms with E-state index < -0.39 is 0 Å². The molecule has 2 N–H and O–H groups in total. The Balaban J connectivity index is 2.12. The highest BCUT2D eigenvalue weighted by Gasteiger charge is 2.26. The summed E-state index contributed by atoms with van der Waals surface area (Å²) < 4.78 is 0. The molecule has 112 valence electrons. The summed E-state index contributed by atoms with van der Waals surface area (Å²) in [4.78, 5) is 4.72. The van der Waals surface area contributed by atoms with E-state index in [1.807, 2.05) is 18.2 Å². The van der Waals surface area contributed by atoms with Gasteiger partial charge in [0.05, 0.1) is 10.0 Å². The highest BCUT2D eigenvalue weighted by Crippen LogP contribution is 2.32. The van der Waals surface area contributed by atoms with Crippen LogP contribution in [0.2, 0.25) is 10.0 Å². The van der Waals surface area contributed by atoms with E-state index in [1.165, 1.54) is 19.4 Å². The Bertz CT molecular complexity index is 453. The van der Waals surface area contributed by atoms with E-state index in [0.717, 1.165) is 12.1 Å². The van der Waals surface area contributed by atoms with Crippen molar-refractivity contribution in [2.24, 2.45) is 5.73 Å². The lowest BCUT2D eigenvalue weighted by molar-refractivity contribution is 0.180. The number of rotatable bonds is 5. The minimum atomic E-state index is 0.107. The topological polar surface area (TPSA) is 32.5 Å². The number of hydrogen-bond acceptors (Lipinski definition) is 3. The molecule has 1 heterocycles. The molecule has 0 radical (unpaired) electrons. The Hall–Kier alpha value is -0.320. The van der Waals surface area contributed by atoms with E-state index in [2.05, 4.69) is 23.9 Å². The number of benzene rings is 1. The summed E-state index contributed by atoms with van der Waals surface area (Å²) >= 11 is 12.4. The lowest BCUT2D eigenvalue weighted by Gasteiger charge is -2.32. The van der Waals surface area contributed by atoms with E-state index in [9.17, 15) is 0 Å². The fraction of sp³-hybridized carbons (Fsp3) is 0.600. The van der Waals surface area contributed by atoms with Crippen molar-refractivity contribution in [2.75, 3.05) is 33.7 Å². The van der Waals surface area contributed by atoms with Gasteiger partial charge in [-0.15, -0.1) is 0 Å². The third-order valence-electron chi connectivity index (χ3n) is 4.27. The number of hydrogen-bond donors (Lipinski definition) is 1. The highest BCUT2D eigenvalue weighted by molar-refractivity contribution is 6.42. The lowest BCUT2D eigenvalue weighted by atomic mass is 10.0. The third kappa shape index (κ3) is 3.46. The van der Waals surface area contributed by atoms with Gasteiger partial charge in [-0.3, -0.25) is 4.90 Å². The Morgan fingerprint density at radius 2 is 2.20 bits per heavy atom. The van der Waals surface area contributed by atoms with Crippen molar-refractivity contribution < 1.29 is 0 Å². The first-order chi connectivity index (χ1) is 9.54. The molecule has 1 aromatic rings. The highest BCUT2D eigenvalue weighted by atomic mass is 35.5. The second kappa shape index (κ2) is 7.10. The zero-order valence-electron chi connectivity index (χ0n) is 12.1. The molecule has 0 spiro atoms. The van der Waals surface area contributed by atoms with Gasteiger partial charge in [-0.25, -0.2) is 0 Å². The summed E-state index contributed by atoms with van der Waals surface area (Å²) in [7, 11) is 4.30. The zero-order valence-corrected chi connectivity index (χ0v) is 13.7. The molecule has 0 bridgehead atoms. The van der Waals surface area contributed by atoms with Crippen molar-refractivity contribution in [2.45, 2.75) is 24.9 Å². The summed E-state index contributed by atoms with van der Waals surface area (Å²) in [5.41, 5.74) is 6.99. The van der Waals surface area contributed by atoms with Crippen LogP contribution >= 0.6 is 23.2 Å². The molecule has 0 amide bonds. The van der Waals surface area contributed by atoms with Gasteiger partial charge in [0, 0.05) is 25.2 Å². The first-order valence-corrected chi connectivity index (χ1v) is 7.84. The molecule has 1 aliphatic rings. The van der Waals surface area contributed by atoms with Crippen LogP contribution in [-0.4, -0.2) is 49.6 Å². The predicted molar refractivity (Wildman–Crippen MR) is 86.5 cm³/mol. The lowest BCUT2D eigenvalue weighted by Crippen LogP contribution is -2.40. The summed E-state index contributed by atoms with van der Waals surface area (Å²) in [6.45, 7) is 2.72. The van der Waals surface area contributed by atoms with Crippen LogP contribution in [0.25, 0.3) is 0 Å². The van der Waals surface area contributed by atoms with Crippen molar-refractivity contribution in [3.05, 3.63) is 33.8 Å². The number of likely N-dealkylation sites (N-methyl/N-ethyl adjacent to an activating group) is 2. The van der Waals surface area contributed by atoms with Crippen LogP contribution in [0.5, 0.6) is 0 Å². The molecule has 5 heteroatoms. The second-order valence-electron chi connectivity index (χ2n) is 5.61. The van der Waals surface area contributed by atoms with Crippen molar-refractivity contribution in [1.82, 2.24) is 9.80 Å². The van der Waals surface area contributed by atoms with E-state index in [1.54, 1.807) is 0 Å². The zero-order chi connectivity index (χ0) is 14.7. The minimum absolute atomic E-state index is 0.107. The predicted octanol–water partition coefficient (Wildman–Crippen LogP) is 3.02. The van der Waals surface area contributed by atoms with Crippen molar-refractivity contribution in [3.8, 4) is 0 Å². The van der Waals surface area contributed by atoms with Gasteiger partial charge in [-0.05, 0) is 45.1 Å². The molecule has 2 rings (SSSR count). The van der Waals surface area contributed by atoms with Gasteiger partial charge < -0.3 is 10.6 Å². The Morgan fingerprint density at radius 3 is 2.80 bits per heavy atom. The molecule has 0 saturated carbocycles. The SMILES string of the molecule is CN1CCCC1CN(C)C(CN)c1cccc(Cl)c1Cl. The van der Waals surface area contributed by atoms with Crippen LogP contribution in [0.15, 0.2) is 18.2 Å². The van der Waals surface area contributed by atoms with Gasteiger partial charge in [0.1, 0.15) is 0 Å². The molecular weight excluding hydrogens is 293 g/mol. The molecule has 0 aromatic heterocycles.